The molecule has 17 rings (SSSR count). The van der Waals surface area contributed by atoms with Crippen molar-refractivity contribution in [3.63, 3.8) is 0 Å². The van der Waals surface area contributed by atoms with Crippen LogP contribution < -0.4 is 55.4 Å². The molecule has 4 aromatic heterocycles. The van der Waals surface area contributed by atoms with Crippen LogP contribution in [0.4, 0.5) is 0 Å². The summed E-state index contributed by atoms with van der Waals surface area (Å²) in [5.74, 6) is 4.29. The molecule has 0 saturated heterocycles. The van der Waals surface area contributed by atoms with Gasteiger partial charge in [-0.1, -0.05) is 158 Å². The van der Waals surface area contributed by atoms with E-state index >= 15 is 0 Å². The van der Waals surface area contributed by atoms with Gasteiger partial charge in [-0.15, -0.1) is 0 Å². The highest BCUT2D eigenvalue weighted by Crippen LogP contribution is 2.56. The Hall–Kier alpha value is -8.11. The molecule has 5 aliphatic rings. The third-order valence-corrected chi connectivity index (χ3v) is 25.9. The van der Waals surface area contributed by atoms with Gasteiger partial charge in [-0.05, 0) is 69.3 Å². The van der Waals surface area contributed by atoms with Crippen molar-refractivity contribution >= 4 is 101 Å². The van der Waals surface area contributed by atoms with Crippen LogP contribution in [-0.4, -0.2) is 25.3 Å². The monoisotopic (exact) mass is 872 g/mol. The summed E-state index contributed by atoms with van der Waals surface area (Å²) in [5, 5.41) is 16.2. The number of para-hydroxylation sites is 2. The lowest BCUT2D eigenvalue weighted by Crippen LogP contribution is -2.85. The van der Waals surface area contributed by atoms with Gasteiger partial charge in [-0.3, -0.25) is 0 Å². The maximum absolute atomic E-state index is 7.34. The largest absolute Gasteiger partial charge is 0.456 e. The van der Waals surface area contributed by atoms with Crippen LogP contribution in [0.25, 0.3) is 55.2 Å². The highest BCUT2D eigenvalue weighted by Gasteiger charge is 2.68. The zero-order valence-corrected chi connectivity index (χ0v) is 37.5. The topological polar surface area (TPSA) is 26.8 Å². The molecule has 0 N–H and O–H groups in total. The fourth-order valence-corrected chi connectivity index (χ4v) is 24.4. The van der Waals surface area contributed by atoms with E-state index < -0.39 is 21.8 Å². The van der Waals surface area contributed by atoms with Crippen LogP contribution >= 0.6 is 0 Å². The Morgan fingerprint density at radius 2 is 0.697 bits per heavy atom. The summed E-state index contributed by atoms with van der Waals surface area (Å²) in [5.41, 5.74) is 6.59. The summed E-state index contributed by atoms with van der Waals surface area (Å²) >= 11 is 0. The van der Waals surface area contributed by atoms with Gasteiger partial charge in [0.1, 0.15) is 33.7 Å². The average Bonchev–Trinajstić information content (AvgIpc) is 3.92. The van der Waals surface area contributed by atoms with Crippen LogP contribution in [-0.2, 0) is 5.66 Å². The lowest BCUT2D eigenvalue weighted by Gasteiger charge is -2.45. The van der Waals surface area contributed by atoms with E-state index in [1.165, 1.54) is 108 Å². The second-order valence-electron chi connectivity index (χ2n) is 18.7. The van der Waals surface area contributed by atoms with Gasteiger partial charge in [0.05, 0.1) is 12.4 Å². The Balaban J connectivity index is 1.15. The molecule has 5 aliphatic heterocycles. The molecule has 5 nitrogen and oxygen atoms in total. The molecule has 66 heavy (non-hydrogen) atoms. The van der Waals surface area contributed by atoms with E-state index in [-0.39, 0.29) is 0 Å². The Morgan fingerprint density at radius 1 is 0.333 bits per heavy atom. The first-order chi connectivity index (χ1) is 32.8. The fraction of sp³-hybridized carbons (Fsp3) is 0.0169. The molecule has 0 unspecified atom stereocenters. The number of pyridine rings is 2. The summed E-state index contributed by atoms with van der Waals surface area (Å²) in [6.45, 7) is 0. The maximum Gasteiger partial charge on any atom is 0.321 e. The first-order valence-corrected chi connectivity index (χ1v) is 27.0. The molecule has 0 amide bonds. The molecule has 0 aliphatic carbocycles. The van der Waals surface area contributed by atoms with Gasteiger partial charge in [0.2, 0.25) is 0 Å². The zero-order valence-electron chi connectivity index (χ0n) is 35.5. The van der Waals surface area contributed by atoms with Crippen molar-refractivity contribution in [2.75, 3.05) is 0 Å². The summed E-state index contributed by atoms with van der Waals surface area (Å²) in [6.07, 6.45) is 4.79. The van der Waals surface area contributed by atoms with E-state index in [1.807, 2.05) is 0 Å². The Morgan fingerprint density at radius 3 is 1.09 bits per heavy atom. The van der Waals surface area contributed by atoms with Gasteiger partial charge < -0.3 is 4.74 Å². The summed E-state index contributed by atoms with van der Waals surface area (Å²) in [6, 6.07) is 78.9. The van der Waals surface area contributed by atoms with Crippen molar-refractivity contribution in [3.05, 3.63) is 230 Å². The number of aromatic nitrogens is 4. The summed E-state index contributed by atoms with van der Waals surface area (Å²) < 4.78 is 18.0. The predicted molar refractivity (Wildman–Crippen MR) is 268 cm³/mol. The van der Waals surface area contributed by atoms with Crippen molar-refractivity contribution < 1.29 is 13.9 Å². The van der Waals surface area contributed by atoms with E-state index in [0.717, 1.165) is 11.5 Å². The Labute approximate surface area is 380 Å². The van der Waals surface area contributed by atoms with Crippen LogP contribution in [0.5, 0.6) is 11.5 Å². The summed E-state index contributed by atoms with van der Waals surface area (Å²) in [7, 11) is -5.99. The van der Waals surface area contributed by atoms with Crippen LogP contribution in [0.1, 0.15) is 11.1 Å². The van der Waals surface area contributed by atoms with E-state index in [9.17, 15) is 0 Å². The quantitative estimate of drug-likeness (QED) is 0.161. The number of rotatable bonds is 4. The van der Waals surface area contributed by atoms with E-state index in [1.54, 1.807) is 0 Å². The molecule has 0 atom stereocenters. The first kappa shape index (κ1) is 34.3. The second-order valence-corrected chi connectivity index (χ2v) is 26.2. The van der Waals surface area contributed by atoms with E-state index in [4.69, 9.17) is 4.74 Å². The maximum atomic E-state index is 7.34. The number of ether oxygens (including phenoxy) is 1. The van der Waals surface area contributed by atoms with Crippen LogP contribution in [0.15, 0.2) is 219 Å². The first-order valence-electron chi connectivity index (χ1n) is 23.0. The van der Waals surface area contributed by atoms with Gasteiger partial charge in [0.25, 0.3) is 11.6 Å². The minimum atomic E-state index is -3.00. The molecular weight excluding hydrogens is 837 g/mol. The number of hydrogen-bond donors (Lipinski definition) is 0. The Bertz CT molecular complexity index is 3850. The number of fused-ring (bicyclic) bond motifs is 2. The molecule has 9 heterocycles. The molecule has 304 valence electrons. The molecule has 8 aromatic carbocycles. The number of benzene rings is 8. The minimum absolute atomic E-state index is 0.872. The van der Waals surface area contributed by atoms with Crippen molar-refractivity contribution in [3.8, 4) is 23.1 Å². The van der Waals surface area contributed by atoms with Gasteiger partial charge in [0.15, 0.2) is 27.2 Å². The smallest absolute Gasteiger partial charge is 0.321 e. The number of hydrogen-bond acceptors (Lipinski definition) is 1. The molecule has 0 fully saturated rings. The van der Waals surface area contributed by atoms with Crippen LogP contribution in [0.3, 0.4) is 0 Å². The van der Waals surface area contributed by atoms with Crippen molar-refractivity contribution in [1.29, 1.82) is 0 Å². The highest BCUT2D eigenvalue weighted by atomic mass is 28.3. The lowest BCUT2D eigenvalue weighted by atomic mass is 9.81. The fourth-order valence-electron chi connectivity index (χ4n) is 14.2. The van der Waals surface area contributed by atoms with Gasteiger partial charge in [0, 0.05) is 42.3 Å². The molecule has 1 spiro atoms. The summed E-state index contributed by atoms with van der Waals surface area (Å²) in [4.78, 5) is 0. The third kappa shape index (κ3) is 3.42. The molecule has 7 heteroatoms. The Kier molecular flexibility index (Phi) is 5.93. The normalized spacial score (nSPS) is 16.1. The van der Waals surface area contributed by atoms with Crippen molar-refractivity contribution in [2.24, 2.45) is 0 Å². The minimum Gasteiger partial charge on any atom is -0.456 e. The van der Waals surface area contributed by atoms with Crippen LogP contribution in [0, 0.1) is 0 Å². The standard InChI is InChI=1S/C59H36N4OSi2/c1-5-17-37(18-6-1)65(38-19-7-2-8-20-38)47-27-13-25-41-43-31-33-45-51-55(43)62(53(41)47)57-49(65)29-15-35-60(57)59(51)52-46(64-45)34-32-44-42-26-14-28-48-54(42)63(56(44)52)58-50(30-16-36-61(58)59)66(48,39-21-9-3-10-22-39)40-23-11-4-12-24-40/h1-36H/q+2. The van der Waals surface area contributed by atoms with Crippen molar-refractivity contribution in [1.82, 2.24) is 9.13 Å². The highest BCUT2D eigenvalue weighted by molar-refractivity contribution is 7.22. The van der Waals surface area contributed by atoms with Gasteiger partial charge >= 0.3 is 5.66 Å². The van der Waals surface area contributed by atoms with E-state index in [0.29, 0.717) is 0 Å². The molecule has 0 saturated carbocycles. The third-order valence-electron chi connectivity index (χ3n) is 16.2. The average molecular weight is 873 g/mol. The van der Waals surface area contributed by atoms with Gasteiger partial charge in [-0.25, -0.2) is 0 Å². The molecule has 0 radical (unpaired) electrons. The number of nitrogens with zero attached hydrogens (tertiary/aromatic N) is 4. The molecule has 12 aromatic rings. The van der Waals surface area contributed by atoms with Crippen LogP contribution in [0.2, 0.25) is 0 Å². The predicted octanol–water partition coefficient (Wildman–Crippen LogP) is 5.87. The zero-order chi connectivity index (χ0) is 42.7. The lowest BCUT2D eigenvalue weighted by molar-refractivity contribution is -0.967. The second kappa shape index (κ2) is 11.4. The van der Waals surface area contributed by atoms with E-state index in [2.05, 4.69) is 237 Å². The molecular formula is C59H36N4OSi2+2. The SMILES string of the molecule is c1ccc([Si]2(c3ccccc3)c3ccc[n+]4c3-n3c5c2cccc5c2ccc5c(c23)C42c3c(ccc4c6cccc7c6n(c34)-c3c(ccc[n+]32)[Si]7(c2ccccc2)c2ccccc2)O5)cc1. The molecule has 0 bridgehead atoms. The van der Waals surface area contributed by atoms with Crippen molar-refractivity contribution in [2.45, 2.75) is 5.66 Å². The van der Waals surface area contributed by atoms with Gasteiger partial charge in [-0.2, -0.15) is 18.3 Å².